The molecule has 0 atom stereocenters. The van der Waals surface area contributed by atoms with E-state index >= 15 is 0 Å². The number of halogens is 1. The molecule has 25 heavy (non-hydrogen) atoms. The Morgan fingerprint density at radius 2 is 1.84 bits per heavy atom. The lowest BCUT2D eigenvalue weighted by Gasteiger charge is -2.08. The standard InChI is InChI=1S/C19H17ClN2O3/c1-23-16-9-7-13(11-17(16)24-2)12-18-21-19(25-22-18)10-8-14-5-3-4-6-15(14)20/h3-11H,12H2,1-2H3/b10-8+. The molecule has 128 valence electrons. The van der Waals surface area contributed by atoms with Gasteiger partial charge in [-0.05, 0) is 35.4 Å². The summed E-state index contributed by atoms with van der Waals surface area (Å²) in [6, 6.07) is 13.2. The van der Waals surface area contributed by atoms with Gasteiger partial charge in [0.25, 0.3) is 5.89 Å². The van der Waals surface area contributed by atoms with Gasteiger partial charge in [-0.1, -0.05) is 41.0 Å². The van der Waals surface area contributed by atoms with Gasteiger partial charge in [-0.25, -0.2) is 0 Å². The van der Waals surface area contributed by atoms with Crippen LogP contribution in [0.5, 0.6) is 11.5 Å². The van der Waals surface area contributed by atoms with Gasteiger partial charge in [-0.2, -0.15) is 4.98 Å². The molecule has 0 amide bonds. The fraction of sp³-hybridized carbons (Fsp3) is 0.158. The van der Waals surface area contributed by atoms with Crippen molar-refractivity contribution < 1.29 is 14.0 Å². The largest absolute Gasteiger partial charge is 0.493 e. The third kappa shape index (κ3) is 4.19. The van der Waals surface area contributed by atoms with Crippen molar-refractivity contribution in [2.45, 2.75) is 6.42 Å². The number of methoxy groups -OCH3 is 2. The molecule has 0 saturated carbocycles. The van der Waals surface area contributed by atoms with Crippen molar-refractivity contribution in [3.63, 3.8) is 0 Å². The molecule has 3 rings (SSSR count). The minimum atomic E-state index is 0.426. The summed E-state index contributed by atoms with van der Waals surface area (Å²) in [6.07, 6.45) is 4.12. The van der Waals surface area contributed by atoms with Gasteiger partial charge in [0, 0.05) is 17.5 Å². The van der Waals surface area contributed by atoms with E-state index in [1.807, 2.05) is 48.5 Å². The Morgan fingerprint density at radius 3 is 2.60 bits per heavy atom. The molecule has 1 aromatic heterocycles. The van der Waals surface area contributed by atoms with Gasteiger partial charge < -0.3 is 14.0 Å². The maximum absolute atomic E-state index is 6.12. The maximum Gasteiger partial charge on any atom is 0.250 e. The summed E-state index contributed by atoms with van der Waals surface area (Å²) in [5, 5.41) is 4.67. The molecule has 0 aliphatic rings. The summed E-state index contributed by atoms with van der Waals surface area (Å²) in [5.74, 6) is 2.37. The minimum Gasteiger partial charge on any atom is -0.493 e. The first-order valence-electron chi connectivity index (χ1n) is 7.65. The molecular weight excluding hydrogens is 340 g/mol. The van der Waals surface area contributed by atoms with Gasteiger partial charge in [0.15, 0.2) is 17.3 Å². The highest BCUT2D eigenvalue weighted by molar-refractivity contribution is 6.32. The van der Waals surface area contributed by atoms with Crippen molar-refractivity contribution >= 4 is 23.8 Å². The summed E-state index contributed by atoms with van der Waals surface area (Å²) >= 11 is 6.12. The zero-order valence-electron chi connectivity index (χ0n) is 13.9. The highest BCUT2D eigenvalue weighted by Gasteiger charge is 2.09. The first-order chi connectivity index (χ1) is 12.2. The Morgan fingerprint density at radius 1 is 1.04 bits per heavy atom. The minimum absolute atomic E-state index is 0.426. The summed E-state index contributed by atoms with van der Waals surface area (Å²) in [5.41, 5.74) is 1.89. The zero-order chi connectivity index (χ0) is 17.6. The second kappa shape index (κ2) is 7.85. The molecule has 0 spiro atoms. The van der Waals surface area contributed by atoms with Crippen LogP contribution < -0.4 is 9.47 Å². The lowest BCUT2D eigenvalue weighted by Crippen LogP contribution is -1.95. The SMILES string of the molecule is COc1ccc(Cc2noc(/C=C/c3ccccc3Cl)n2)cc1OC. The number of benzene rings is 2. The number of rotatable bonds is 6. The Labute approximate surface area is 150 Å². The van der Waals surface area contributed by atoms with Crippen LogP contribution in [0, 0.1) is 0 Å². The van der Waals surface area contributed by atoms with E-state index in [1.165, 1.54) is 0 Å². The molecule has 0 fully saturated rings. The van der Waals surface area contributed by atoms with Crippen LogP contribution in [0.4, 0.5) is 0 Å². The fourth-order valence-electron chi connectivity index (χ4n) is 2.35. The van der Waals surface area contributed by atoms with Crippen LogP contribution in [-0.2, 0) is 6.42 Å². The molecule has 0 N–H and O–H groups in total. The summed E-state index contributed by atoms with van der Waals surface area (Å²) in [7, 11) is 3.21. The average molecular weight is 357 g/mol. The van der Waals surface area contributed by atoms with Crippen molar-refractivity contribution in [1.82, 2.24) is 10.1 Å². The Hall–Kier alpha value is -2.79. The van der Waals surface area contributed by atoms with Crippen LogP contribution in [0.2, 0.25) is 5.02 Å². The second-order valence-electron chi connectivity index (χ2n) is 5.27. The number of ether oxygens (including phenoxy) is 2. The van der Waals surface area contributed by atoms with Crippen molar-refractivity contribution in [3.05, 3.63) is 70.3 Å². The van der Waals surface area contributed by atoms with Crippen molar-refractivity contribution in [2.24, 2.45) is 0 Å². The van der Waals surface area contributed by atoms with E-state index in [4.69, 9.17) is 25.6 Å². The first-order valence-corrected chi connectivity index (χ1v) is 8.03. The third-order valence-corrected chi connectivity index (χ3v) is 3.95. The van der Waals surface area contributed by atoms with Gasteiger partial charge in [-0.3, -0.25) is 0 Å². The monoisotopic (exact) mass is 356 g/mol. The molecule has 2 aromatic carbocycles. The molecule has 6 heteroatoms. The van der Waals surface area contributed by atoms with E-state index in [-0.39, 0.29) is 0 Å². The third-order valence-electron chi connectivity index (χ3n) is 3.60. The second-order valence-corrected chi connectivity index (χ2v) is 5.68. The van der Waals surface area contributed by atoms with Crippen LogP contribution >= 0.6 is 11.6 Å². The Balaban J connectivity index is 1.73. The molecule has 0 unspecified atom stereocenters. The summed E-state index contributed by atoms with van der Waals surface area (Å²) in [4.78, 5) is 4.37. The van der Waals surface area contributed by atoms with Crippen molar-refractivity contribution in [2.75, 3.05) is 14.2 Å². The van der Waals surface area contributed by atoms with E-state index in [9.17, 15) is 0 Å². The molecule has 3 aromatic rings. The van der Waals surface area contributed by atoms with E-state index in [0.29, 0.717) is 34.7 Å². The molecule has 0 saturated heterocycles. The number of hydrogen-bond donors (Lipinski definition) is 0. The topological polar surface area (TPSA) is 57.4 Å². The van der Waals surface area contributed by atoms with E-state index in [0.717, 1.165) is 11.1 Å². The van der Waals surface area contributed by atoms with E-state index in [1.54, 1.807) is 20.3 Å². The number of aromatic nitrogens is 2. The predicted octanol–water partition coefficient (Wildman–Crippen LogP) is 4.50. The lowest BCUT2D eigenvalue weighted by molar-refractivity contribution is 0.354. The van der Waals surface area contributed by atoms with E-state index in [2.05, 4.69) is 10.1 Å². The van der Waals surface area contributed by atoms with Crippen molar-refractivity contribution in [3.8, 4) is 11.5 Å². The van der Waals surface area contributed by atoms with Gasteiger partial charge in [0.05, 0.1) is 14.2 Å². The number of hydrogen-bond acceptors (Lipinski definition) is 5. The molecule has 0 aliphatic heterocycles. The maximum atomic E-state index is 6.12. The Kier molecular flexibility index (Phi) is 5.36. The smallest absolute Gasteiger partial charge is 0.250 e. The zero-order valence-corrected chi connectivity index (χ0v) is 14.7. The Bertz CT molecular complexity index is 890. The molecular formula is C19H17ClN2O3. The molecule has 5 nitrogen and oxygen atoms in total. The van der Waals surface area contributed by atoms with Gasteiger partial charge in [-0.15, -0.1) is 0 Å². The highest BCUT2D eigenvalue weighted by atomic mass is 35.5. The summed E-state index contributed by atoms with van der Waals surface area (Å²) in [6.45, 7) is 0. The van der Waals surface area contributed by atoms with Crippen LogP contribution in [-0.4, -0.2) is 24.4 Å². The van der Waals surface area contributed by atoms with E-state index < -0.39 is 0 Å². The highest BCUT2D eigenvalue weighted by Crippen LogP contribution is 2.28. The van der Waals surface area contributed by atoms with Gasteiger partial charge >= 0.3 is 0 Å². The van der Waals surface area contributed by atoms with Gasteiger partial charge in [0.2, 0.25) is 0 Å². The summed E-state index contributed by atoms with van der Waals surface area (Å²) < 4.78 is 15.8. The fourth-order valence-corrected chi connectivity index (χ4v) is 2.55. The van der Waals surface area contributed by atoms with Crippen LogP contribution in [0.25, 0.3) is 12.2 Å². The molecule has 1 heterocycles. The van der Waals surface area contributed by atoms with Crippen LogP contribution in [0.15, 0.2) is 47.0 Å². The molecule has 0 aliphatic carbocycles. The number of nitrogens with zero attached hydrogens (tertiary/aromatic N) is 2. The first kappa shape index (κ1) is 17.0. The van der Waals surface area contributed by atoms with Gasteiger partial charge in [0.1, 0.15) is 0 Å². The lowest BCUT2D eigenvalue weighted by atomic mass is 10.1. The molecule has 0 radical (unpaired) electrons. The predicted molar refractivity (Wildman–Crippen MR) is 97.0 cm³/mol. The van der Waals surface area contributed by atoms with Crippen LogP contribution in [0.1, 0.15) is 22.8 Å². The quantitative estimate of drug-likeness (QED) is 0.650. The van der Waals surface area contributed by atoms with Crippen molar-refractivity contribution in [1.29, 1.82) is 0 Å². The molecule has 0 bridgehead atoms. The normalized spacial score (nSPS) is 11.0. The average Bonchev–Trinajstić information content (AvgIpc) is 3.08. The van der Waals surface area contributed by atoms with Crippen LogP contribution in [0.3, 0.4) is 0 Å².